The van der Waals surface area contributed by atoms with Crippen molar-refractivity contribution in [3.63, 3.8) is 0 Å². The van der Waals surface area contributed by atoms with Gasteiger partial charge in [-0.3, -0.25) is 0 Å². The lowest BCUT2D eigenvalue weighted by Gasteiger charge is -2.57. The molecule has 17 heavy (non-hydrogen) atoms. The first-order valence-electron chi connectivity index (χ1n) is 7.57. The fourth-order valence-corrected chi connectivity index (χ4v) is 5.30. The van der Waals surface area contributed by atoms with Crippen molar-refractivity contribution in [2.45, 2.75) is 45.1 Å². The first-order valence-corrected chi connectivity index (χ1v) is 7.57. The third-order valence-electron chi connectivity index (χ3n) is 5.69. The van der Waals surface area contributed by atoms with Crippen molar-refractivity contribution in [1.29, 1.82) is 0 Å². The van der Waals surface area contributed by atoms with E-state index in [-0.39, 0.29) is 0 Å². The minimum Gasteiger partial charge on any atom is -0.330 e. The molecule has 0 heterocycles. The molecule has 1 unspecified atom stereocenters. The second-order valence-corrected chi connectivity index (χ2v) is 7.20. The SMILES string of the molecule is CC(CN)CN(C)C1C2CC3CC(C2)CC1C3. The van der Waals surface area contributed by atoms with Crippen molar-refractivity contribution in [3.8, 4) is 0 Å². The smallest absolute Gasteiger partial charge is 0.0149 e. The summed E-state index contributed by atoms with van der Waals surface area (Å²) < 4.78 is 0. The molecular weight excluding hydrogens is 208 g/mol. The van der Waals surface area contributed by atoms with E-state index in [1.165, 1.54) is 32.2 Å². The zero-order valence-electron chi connectivity index (χ0n) is 11.4. The average molecular weight is 236 g/mol. The van der Waals surface area contributed by atoms with Crippen LogP contribution < -0.4 is 5.73 Å². The van der Waals surface area contributed by atoms with Gasteiger partial charge in [0.15, 0.2) is 0 Å². The van der Waals surface area contributed by atoms with Crippen LogP contribution in [-0.2, 0) is 0 Å². The van der Waals surface area contributed by atoms with Gasteiger partial charge in [-0.05, 0) is 75.3 Å². The van der Waals surface area contributed by atoms with Crippen LogP contribution >= 0.6 is 0 Å². The van der Waals surface area contributed by atoms with E-state index >= 15 is 0 Å². The summed E-state index contributed by atoms with van der Waals surface area (Å²) in [6.07, 6.45) is 7.67. The summed E-state index contributed by atoms with van der Waals surface area (Å²) in [5.74, 6) is 4.86. The van der Waals surface area contributed by atoms with Crippen molar-refractivity contribution >= 4 is 0 Å². The van der Waals surface area contributed by atoms with Crippen LogP contribution in [0.3, 0.4) is 0 Å². The predicted octanol–water partition coefficient (Wildman–Crippen LogP) is 2.34. The third-order valence-corrected chi connectivity index (χ3v) is 5.69. The molecule has 0 aromatic heterocycles. The Kier molecular flexibility index (Phi) is 3.20. The molecule has 2 N–H and O–H groups in total. The maximum absolute atomic E-state index is 5.77. The van der Waals surface area contributed by atoms with Gasteiger partial charge in [0.1, 0.15) is 0 Å². The van der Waals surface area contributed by atoms with Gasteiger partial charge in [-0.25, -0.2) is 0 Å². The highest BCUT2D eigenvalue weighted by molar-refractivity contribution is 5.01. The lowest BCUT2D eigenvalue weighted by molar-refractivity contribution is -0.0600. The maximum Gasteiger partial charge on any atom is 0.0149 e. The van der Waals surface area contributed by atoms with Crippen LogP contribution in [0, 0.1) is 29.6 Å². The van der Waals surface area contributed by atoms with Crippen molar-refractivity contribution in [3.05, 3.63) is 0 Å². The maximum atomic E-state index is 5.77. The van der Waals surface area contributed by atoms with Crippen molar-refractivity contribution in [2.75, 3.05) is 20.1 Å². The minimum atomic E-state index is 0.650. The molecule has 0 radical (unpaired) electrons. The van der Waals surface area contributed by atoms with Crippen molar-refractivity contribution < 1.29 is 0 Å². The molecule has 4 aliphatic rings. The minimum absolute atomic E-state index is 0.650. The van der Waals surface area contributed by atoms with Crippen molar-refractivity contribution in [2.24, 2.45) is 35.3 Å². The largest absolute Gasteiger partial charge is 0.330 e. The quantitative estimate of drug-likeness (QED) is 0.812. The average Bonchev–Trinajstić information content (AvgIpc) is 2.27. The topological polar surface area (TPSA) is 29.3 Å². The molecule has 0 aliphatic heterocycles. The van der Waals surface area contributed by atoms with Gasteiger partial charge in [-0.15, -0.1) is 0 Å². The van der Waals surface area contributed by atoms with Crippen LogP contribution in [0.1, 0.15) is 39.0 Å². The molecule has 4 bridgehead atoms. The monoisotopic (exact) mass is 236 g/mol. The Bertz CT molecular complexity index is 248. The second kappa shape index (κ2) is 4.55. The summed E-state index contributed by atoms with van der Waals surface area (Å²) in [4.78, 5) is 2.66. The van der Waals surface area contributed by atoms with E-state index in [1.54, 1.807) is 6.42 Å². The van der Waals surface area contributed by atoms with Gasteiger partial charge < -0.3 is 10.6 Å². The molecule has 0 aromatic carbocycles. The first-order chi connectivity index (χ1) is 8.17. The van der Waals surface area contributed by atoms with E-state index in [1.807, 2.05) is 0 Å². The Hall–Kier alpha value is -0.0800. The molecular formula is C15H28N2. The lowest BCUT2D eigenvalue weighted by atomic mass is 9.54. The molecule has 4 saturated carbocycles. The summed E-state index contributed by atoms with van der Waals surface area (Å²) >= 11 is 0. The molecule has 1 atom stereocenters. The van der Waals surface area contributed by atoms with Crippen LogP contribution in [0.25, 0.3) is 0 Å². The van der Waals surface area contributed by atoms with Crippen molar-refractivity contribution in [1.82, 2.24) is 4.90 Å². The molecule has 98 valence electrons. The van der Waals surface area contributed by atoms with Gasteiger partial charge in [0.05, 0.1) is 0 Å². The van der Waals surface area contributed by atoms with Crippen LogP contribution in [-0.4, -0.2) is 31.1 Å². The Balaban J connectivity index is 1.67. The Morgan fingerprint density at radius 1 is 1.06 bits per heavy atom. The van der Waals surface area contributed by atoms with Gasteiger partial charge in [-0.2, -0.15) is 0 Å². The van der Waals surface area contributed by atoms with E-state index in [0.717, 1.165) is 36.3 Å². The molecule has 4 fully saturated rings. The number of nitrogens with two attached hydrogens (primary N) is 1. The summed E-state index contributed by atoms with van der Waals surface area (Å²) in [7, 11) is 2.35. The normalized spacial score (nSPS) is 45.5. The Labute approximate surface area is 106 Å². The van der Waals surface area contributed by atoms with E-state index in [4.69, 9.17) is 5.73 Å². The van der Waals surface area contributed by atoms with E-state index in [2.05, 4.69) is 18.9 Å². The predicted molar refractivity (Wildman–Crippen MR) is 71.7 cm³/mol. The summed E-state index contributed by atoms with van der Waals surface area (Å²) in [6.45, 7) is 4.31. The van der Waals surface area contributed by atoms with Crippen LogP contribution in [0.4, 0.5) is 0 Å². The molecule has 4 aliphatic carbocycles. The highest BCUT2D eigenvalue weighted by atomic mass is 15.1. The molecule has 0 spiro atoms. The molecule has 0 amide bonds. The third kappa shape index (κ3) is 2.15. The Morgan fingerprint density at radius 2 is 1.59 bits per heavy atom. The van der Waals surface area contributed by atoms with Crippen LogP contribution in [0.15, 0.2) is 0 Å². The van der Waals surface area contributed by atoms with Gasteiger partial charge in [0, 0.05) is 12.6 Å². The summed E-state index contributed by atoms with van der Waals surface area (Å²) in [5.41, 5.74) is 5.77. The van der Waals surface area contributed by atoms with Crippen LogP contribution in [0.5, 0.6) is 0 Å². The van der Waals surface area contributed by atoms with E-state index < -0.39 is 0 Å². The second-order valence-electron chi connectivity index (χ2n) is 7.20. The summed E-state index contributed by atoms with van der Waals surface area (Å²) in [6, 6.07) is 0.886. The zero-order valence-corrected chi connectivity index (χ0v) is 11.4. The number of nitrogens with zero attached hydrogens (tertiary/aromatic N) is 1. The highest BCUT2D eigenvalue weighted by Gasteiger charge is 2.49. The van der Waals surface area contributed by atoms with Gasteiger partial charge in [0.25, 0.3) is 0 Å². The van der Waals surface area contributed by atoms with Crippen LogP contribution in [0.2, 0.25) is 0 Å². The van der Waals surface area contributed by atoms with E-state index in [9.17, 15) is 0 Å². The lowest BCUT2D eigenvalue weighted by Crippen LogP contribution is -2.55. The zero-order chi connectivity index (χ0) is 12.0. The molecule has 4 rings (SSSR count). The fourth-order valence-electron chi connectivity index (χ4n) is 5.30. The molecule has 0 aromatic rings. The number of hydrogen-bond donors (Lipinski definition) is 1. The highest BCUT2D eigenvalue weighted by Crippen LogP contribution is 2.54. The molecule has 2 heteroatoms. The molecule has 2 nitrogen and oxygen atoms in total. The number of rotatable bonds is 4. The fraction of sp³-hybridized carbons (Fsp3) is 1.00. The van der Waals surface area contributed by atoms with Gasteiger partial charge in [-0.1, -0.05) is 6.92 Å². The first kappa shape index (κ1) is 12.0. The number of hydrogen-bond acceptors (Lipinski definition) is 2. The van der Waals surface area contributed by atoms with Gasteiger partial charge >= 0.3 is 0 Å². The molecule has 0 saturated heterocycles. The standard InChI is InChI=1S/C15H28N2/c1-10(8-16)9-17(2)15-13-4-11-3-12(6-13)7-14(15)5-11/h10-15H,3-9,16H2,1-2H3. The van der Waals surface area contributed by atoms with Gasteiger partial charge in [0.2, 0.25) is 0 Å². The summed E-state index contributed by atoms with van der Waals surface area (Å²) in [5, 5.41) is 0. The Morgan fingerprint density at radius 3 is 2.06 bits per heavy atom. The van der Waals surface area contributed by atoms with E-state index in [0.29, 0.717) is 5.92 Å².